The Labute approximate surface area is 122 Å². The van der Waals surface area contributed by atoms with E-state index in [1.807, 2.05) is 0 Å². The number of piperidine rings is 1. The monoisotopic (exact) mass is 350 g/mol. The Kier molecular flexibility index (Phi) is 3.44. The van der Waals surface area contributed by atoms with Crippen molar-refractivity contribution in [2.75, 3.05) is 4.90 Å². The Hall–Kier alpha value is -0.820. The zero-order chi connectivity index (χ0) is 14.5. The number of anilines is 1. The molecule has 0 aromatic carbocycles. The van der Waals surface area contributed by atoms with Crippen molar-refractivity contribution in [2.24, 2.45) is 0 Å². The summed E-state index contributed by atoms with van der Waals surface area (Å²) < 4.78 is 39.9. The molecule has 0 saturated carbocycles. The van der Waals surface area contributed by atoms with Gasteiger partial charge in [-0.3, -0.25) is 0 Å². The Morgan fingerprint density at radius 3 is 2.40 bits per heavy atom. The minimum atomic E-state index is -4.43. The van der Waals surface area contributed by atoms with Crippen molar-refractivity contribution >= 4 is 21.7 Å². The summed E-state index contributed by atoms with van der Waals surface area (Å²) in [6, 6.07) is 0.990. The zero-order valence-electron chi connectivity index (χ0n) is 10.6. The highest BCUT2D eigenvalue weighted by Gasteiger charge is 2.45. The standard InChI is InChI=1S/C13H14BrF3N2O/c14-7-3-11(13(15,16)17)12(18-6-7)19-8-1-2-9(19)5-10(20)4-8/h3,6,8-10,20H,1-2,4-5H2. The van der Waals surface area contributed by atoms with Crippen LogP contribution in [0.5, 0.6) is 0 Å². The summed E-state index contributed by atoms with van der Waals surface area (Å²) in [5.74, 6) is 0.0000926. The van der Waals surface area contributed by atoms with Gasteiger partial charge >= 0.3 is 6.18 Å². The second-order valence-corrected chi connectivity index (χ2v) is 6.36. The number of hydrogen-bond donors (Lipinski definition) is 1. The molecule has 0 spiro atoms. The van der Waals surface area contributed by atoms with Gasteiger partial charge in [-0.2, -0.15) is 13.2 Å². The van der Waals surface area contributed by atoms with Crippen LogP contribution in [0.15, 0.2) is 16.7 Å². The Bertz CT molecular complexity index is 509. The Morgan fingerprint density at radius 2 is 1.85 bits per heavy atom. The molecular weight excluding hydrogens is 337 g/mol. The normalized spacial score (nSPS) is 29.9. The summed E-state index contributed by atoms with van der Waals surface area (Å²) in [6.07, 6.45) is -0.769. The van der Waals surface area contributed by atoms with Crippen molar-refractivity contribution in [3.63, 3.8) is 0 Å². The van der Waals surface area contributed by atoms with E-state index in [-0.39, 0.29) is 17.9 Å². The van der Waals surface area contributed by atoms with Crippen LogP contribution in [-0.2, 0) is 6.18 Å². The average molecular weight is 351 g/mol. The van der Waals surface area contributed by atoms with Crippen LogP contribution in [-0.4, -0.2) is 28.3 Å². The van der Waals surface area contributed by atoms with Gasteiger partial charge in [0.1, 0.15) is 5.82 Å². The maximum atomic E-state index is 13.2. The molecule has 2 saturated heterocycles. The van der Waals surface area contributed by atoms with Gasteiger partial charge in [0.25, 0.3) is 0 Å². The first-order valence-electron chi connectivity index (χ1n) is 6.55. The van der Waals surface area contributed by atoms with Crippen LogP contribution in [0, 0.1) is 0 Å². The number of fused-ring (bicyclic) bond motifs is 2. The minimum Gasteiger partial charge on any atom is -0.393 e. The number of halogens is 4. The van der Waals surface area contributed by atoms with Crippen LogP contribution in [0.3, 0.4) is 0 Å². The van der Waals surface area contributed by atoms with E-state index < -0.39 is 17.8 Å². The molecule has 2 fully saturated rings. The maximum absolute atomic E-state index is 13.2. The molecule has 110 valence electrons. The highest BCUT2D eigenvalue weighted by molar-refractivity contribution is 9.10. The van der Waals surface area contributed by atoms with Gasteiger partial charge in [0.15, 0.2) is 0 Å². The van der Waals surface area contributed by atoms with E-state index in [4.69, 9.17) is 0 Å². The third-order valence-electron chi connectivity index (χ3n) is 4.09. The van der Waals surface area contributed by atoms with Crippen molar-refractivity contribution in [3.05, 3.63) is 22.3 Å². The Balaban J connectivity index is 2.03. The van der Waals surface area contributed by atoms with E-state index in [1.54, 1.807) is 4.90 Å². The first kappa shape index (κ1) is 14.1. The van der Waals surface area contributed by atoms with Crippen LogP contribution in [0.1, 0.15) is 31.2 Å². The van der Waals surface area contributed by atoms with Crippen molar-refractivity contribution in [1.82, 2.24) is 4.98 Å². The summed E-state index contributed by atoms with van der Waals surface area (Å²) >= 11 is 3.05. The first-order valence-corrected chi connectivity index (χ1v) is 7.34. The fraction of sp³-hybridized carbons (Fsp3) is 0.615. The van der Waals surface area contributed by atoms with Gasteiger partial charge in [0, 0.05) is 22.8 Å². The van der Waals surface area contributed by atoms with Gasteiger partial charge < -0.3 is 10.0 Å². The maximum Gasteiger partial charge on any atom is 0.419 e. The van der Waals surface area contributed by atoms with Gasteiger partial charge in [-0.1, -0.05) is 0 Å². The third-order valence-corrected chi connectivity index (χ3v) is 4.53. The highest BCUT2D eigenvalue weighted by atomic mass is 79.9. The molecule has 7 heteroatoms. The van der Waals surface area contributed by atoms with Crippen molar-refractivity contribution in [2.45, 2.75) is 50.0 Å². The lowest BCUT2D eigenvalue weighted by Gasteiger charge is -2.39. The molecule has 2 aliphatic rings. The van der Waals surface area contributed by atoms with Crippen LogP contribution >= 0.6 is 15.9 Å². The molecule has 1 N–H and O–H groups in total. The fourth-order valence-electron chi connectivity index (χ4n) is 3.34. The number of alkyl halides is 3. The lowest BCUT2D eigenvalue weighted by atomic mass is 9.99. The third kappa shape index (κ3) is 2.41. The molecule has 2 atom stereocenters. The molecule has 2 aliphatic heterocycles. The van der Waals surface area contributed by atoms with E-state index in [1.165, 1.54) is 6.20 Å². The largest absolute Gasteiger partial charge is 0.419 e. The number of rotatable bonds is 1. The molecule has 3 nitrogen and oxygen atoms in total. The fourth-order valence-corrected chi connectivity index (χ4v) is 3.67. The lowest BCUT2D eigenvalue weighted by molar-refractivity contribution is -0.137. The predicted molar refractivity (Wildman–Crippen MR) is 71.5 cm³/mol. The average Bonchev–Trinajstić information content (AvgIpc) is 2.61. The second-order valence-electron chi connectivity index (χ2n) is 5.44. The van der Waals surface area contributed by atoms with Crippen LogP contribution in [0.4, 0.5) is 19.0 Å². The molecule has 0 radical (unpaired) electrons. The van der Waals surface area contributed by atoms with Gasteiger partial charge in [-0.05, 0) is 47.7 Å². The minimum absolute atomic E-state index is 0.0000926. The molecule has 3 heterocycles. The predicted octanol–water partition coefficient (Wildman–Crippen LogP) is 3.36. The Morgan fingerprint density at radius 1 is 1.25 bits per heavy atom. The molecule has 20 heavy (non-hydrogen) atoms. The number of aliphatic hydroxyl groups excluding tert-OH is 1. The smallest absolute Gasteiger partial charge is 0.393 e. The van der Waals surface area contributed by atoms with Crippen molar-refractivity contribution < 1.29 is 18.3 Å². The number of aliphatic hydroxyl groups is 1. The molecule has 1 aromatic heterocycles. The molecular formula is C13H14BrF3N2O. The summed E-state index contributed by atoms with van der Waals surface area (Å²) in [7, 11) is 0. The van der Waals surface area contributed by atoms with Crippen molar-refractivity contribution in [1.29, 1.82) is 0 Å². The molecule has 1 aromatic rings. The van der Waals surface area contributed by atoms with Gasteiger partial charge in [-0.15, -0.1) is 0 Å². The summed E-state index contributed by atoms with van der Waals surface area (Å²) in [5.41, 5.74) is -0.708. The number of pyridine rings is 1. The second kappa shape index (κ2) is 4.87. The van der Waals surface area contributed by atoms with Gasteiger partial charge in [0.2, 0.25) is 0 Å². The quantitative estimate of drug-likeness (QED) is 0.843. The lowest BCUT2D eigenvalue weighted by Crippen LogP contribution is -2.46. The summed E-state index contributed by atoms with van der Waals surface area (Å²) in [4.78, 5) is 5.78. The number of hydrogen-bond acceptors (Lipinski definition) is 3. The van der Waals surface area contributed by atoms with Crippen LogP contribution in [0.25, 0.3) is 0 Å². The molecule has 0 aliphatic carbocycles. The molecule has 0 amide bonds. The van der Waals surface area contributed by atoms with E-state index >= 15 is 0 Å². The molecule has 3 rings (SSSR count). The summed E-state index contributed by atoms with van der Waals surface area (Å²) in [6.45, 7) is 0. The summed E-state index contributed by atoms with van der Waals surface area (Å²) in [5, 5.41) is 9.75. The van der Waals surface area contributed by atoms with Gasteiger partial charge in [-0.25, -0.2) is 4.98 Å². The zero-order valence-corrected chi connectivity index (χ0v) is 12.2. The molecule has 2 bridgehead atoms. The van der Waals surface area contributed by atoms with E-state index in [9.17, 15) is 18.3 Å². The van der Waals surface area contributed by atoms with E-state index in [0.717, 1.165) is 18.9 Å². The van der Waals surface area contributed by atoms with Crippen LogP contribution < -0.4 is 4.90 Å². The topological polar surface area (TPSA) is 36.4 Å². The first-order chi connectivity index (χ1) is 9.36. The van der Waals surface area contributed by atoms with Crippen LogP contribution in [0.2, 0.25) is 0 Å². The van der Waals surface area contributed by atoms with Crippen molar-refractivity contribution in [3.8, 4) is 0 Å². The number of aromatic nitrogens is 1. The van der Waals surface area contributed by atoms with E-state index in [2.05, 4.69) is 20.9 Å². The van der Waals surface area contributed by atoms with E-state index in [0.29, 0.717) is 17.3 Å². The SMILES string of the molecule is OC1CC2CCC(C1)N2c1ncc(Br)cc1C(F)(F)F. The highest BCUT2D eigenvalue weighted by Crippen LogP contribution is 2.44. The molecule has 2 unspecified atom stereocenters. The van der Waals surface area contributed by atoms with Gasteiger partial charge in [0.05, 0.1) is 11.7 Å². The number of nitrogens with zero attached hydrogens (tertiary/aromatic N) is 2.